The van der Waals surface area contributed by atoms with Crippen LogP contribution in [-0.4, -0.2) is 39.4 Å². The fourth-order valence-electron chi connectivity index (χ4n) is 7.24. The topological polar surface area (TPSA) is 72.3 Å². The second kappa shape index (κ2) is 9.39. The first kappa shape index (κ1) is 26.6. The van der Waals surface area contributed by atoms with E-state index >= 15 is 0 Å². The van der Waals surface area contributed by atoms with E-state index in [4.69, 9.17) is 4.74 Å². The minimum Gasteiger partial charge on any atom is -0.380 e. The first-order chi connectivity index (χ1) is 19.5. The number of halogens is 3. The lowest BCUT2D eigenvalue weighted by Gasteiger charge is -2.55. The third-order valence-corrected chi connectivity index (χ3v) is 9.83. The van der Waals surface area contributed by atoms with Crippen molar-refractivity contribution in [3.05, 3.63) is 76.4 Å². The van der Waals surface area contributed by atoms with E-state index < -0.39 is 17.6 Å². The summed E-state index contributed by atoms with van der Waals surface area (Å²) in [7, 11) is 1.92. The van der Waals surface area contributed by atoms with Gasteiger partial charge in [0.25, 0.3) is 5.91 Å². The molecule has 1 amide bonds. The molecule has 1 aromatic heterocycles. The summed E-state index contributed by atoms with van der Waals surface area (Å²) in [6.45, 7) is 3.84. The lowest BCUT2D eigenvalue weighted by atomic mass is 9.56. The number of rotatable bonds is 7. The van der Waals surface area contributed by atoms with E-state index in [1.807, 2.05) is 29.8 Å². The second-order valence-electron chi connectivity index (χ2n) is 12.9. The fourth-order valence-corrected chi connectivity index (χ4v) is 7.24. The molecule has 1 N–H and O–H groups in total. The standard InChI is InChI=1S/C31H34F3N5O2/c1-29(7-4-8-29)35-14-19-9-23-24(25(10-19)31(32,33)34)15-39(28(23)40)22-6-3-5-20(11-22)26(27-37-36-18-38(27)2)21-12-30(13-21)16-41-17-30/h3,5-6,9-11,18,21,26,35H,4,7-8,12-17H2,1-2H3/t26-/m1/s1. The molecule has 3 fully saturated rings. The molecule has 7 rings (SSSR count). The lowest BCUT2D eigenvalue weighted by molar-refractivity contribution is -0.181. The number of carbonyl (C=O) groups is 1. The summed E-state index contributed by atoms with van der Waals surface area (Å²) in [6, 6.07) is 10.5. The first-order valence-electron chi connectivity index (χ1n) is 14.4. The number of carbonyl (C=O) groups excluding carboxylic acids is 1. The van der Waals surface area contributed by atoms with Gasteiger partial charge in [0.05, 0.1) is 25.3 Å². The summed E-state index contributed by atoms with van der Waals surface area (Å²) in [5, 5.41) is 11.9. The van der Waals surface area contributed by atoms with E-state index in [-0.39, 0.29) is 34.5 Å². The predicted molar refractivity (Wildman–Crippen MR) is 146 cm³/mol. The van der Waals surface area contributed by atoms with Gasteiger partial charge in [-0.25, -0.2) is 0 Å². The Morgan fingerprint density at radius 3 is 2.56 bits per heavy atom. The van der Waals surface area contributed by atoms with Crippen LogP contribution >= 0.6 is 0 Å². The zero-order chi connectivity index (χ0) is 28.6. The van der Waals surface area contributed by atoms with Crippen molar-refractivity contribution in [1.29, 1.82) is 0 Å². The Kier molecular flexibility index (Phi) is 6.10. The van der Waals surface area contributed by atoms with Crippen LogP contribution in [0.5, 0.6) is 0 Å². The molecule has 216 valence electrons. The van der Waals surface area contributed by atoms with Crippen molar-refractivity contribution in [3.63, 3.8) is 0 Å². The summed E-state index contributed by atoms with van der Waals surface area (Å²) in [6.07, 6.45) is 2.28. The largest absolute Gasteiger partial charge is 0.416 e. The maximum atomic E-state index is 14.3. The number of nitrogens with one attached hydrogen (secondary N) is 1. The zero-order valence-electron chi connectivity index (χ0n) is 23.3. The number of anilines is 1. The van der Waals surface area contributed by atoms with Crippen LogP contribution in [0, 0.1) is 11.3 Å². The van der Waals surface area contributed by atoms with Crippen LogP contribution in [0.1, 0.15) is 83.4 Å². The molecule has 0 bridgehead atoms. The molecule has 41 heavy (non-hydrogen) atoms. The van der Waals surface area contributed by atoms with Crippen molar-refractivity contribution in [2.75, 3.05) is 18.1 Å². The molecule has 2 aliphatic carbocycles. The van der Waals surface area contributed by atoms with Crippen molar-refractivity contribution in [3.8, 4) is 0 Å². The monoisotopic (exact) mass is 565 g/mol. The Morgan fingerprint density at radius 1 is 1.17 bits per heavy atom. The van der Waals surface area contributed by atoms with E-state index in [0.717, 1.165) is 56.7 Å². The molecular formula is C31H34F3N5O2. The SMILES string of the molecule is Cn1cnnc1[C@H](c1cccc(N2Cc3c(cc(CNC4(C)CCC4)cc3C(F)(F)F)C2=O)c1)C1CC2(COC2)C1. The van der Waals surface area contributed by atoms with Gasteiger partial charge in [-0.1, -0.05) is 12.1 Å². The lowest BCUT2D eigenvalue weighted by Crippen LogP contribution is -2.53. The molecule has 2 saturated carbocycles. The molecule has 7 nitrogen and oxygen atoms in total. The number of hydrogen-bond donors (Lipinski definition) is 1. The predicted octanol–water partition coefficient (Wildman–Crippen LogP) is 5.59. The van der Waals surface area contributed by atoms with Crippen LogP contribution in [-0.2, 0) is 31.1 Å². The number of hydrogen-bond acceptors (Lipinski definition) is 5. The van der Waals surface area contributed by atoms with Gasteiger partial charge >= 0.3 is 6.18 Å². The molecule has 1 atom stereocenters. The quantitative estimate of drug-likeness (QED) is 0.405. The molecule has 1 spiro atoms. The first-order valence-corrected chi connectivity index (χ1v) is 14.4. The number of ether oxygens (including phenoxy) is 1. The highest BCUT2D eigenvalue weighted by Crippen LogP contribution is 2.56. The highest BCUT2D eigenvalue weighted by molar-refractivity contribution is 6.10. The van der Waals surface area contributed by atoms with Gasteiger partial charge in [-0.05, 0) is 85.9 Å². The van der Waals surface area contributed by atoms with Crippen molar-refractivity contribution < 1.29 is 22.7 Å². The molecule has 2 aliphatic heterocycles. The van der Waals surface area contributed by atoms with Gasteiger partial charge in [-0.3, -0.25) is 4.79 Å². The Hall–Kier alpha value is -3.24. The molecule has 2 aromatic carbocycles. The number of aryl methyl sites for hydroxylation is 1. The molecule has 10 heteroatoms. The van der Waals surface area contributed by atoms with E-state index in [0.29, 0.717) is 23.7 Å². The Balaban J connectivity index is 1.20. The molecule has 3 heterocycles. The van der Waals surface area contributed by atoms with Gasteiger partial charge < -0.3 is 19.5 Å². The molecule has 0 unspecified atom stereocenters. The molecule has 3 aromatic rings. The number of benzene rings is 2. The van der Waals surface area contributed by atoms with Gasteiger partial charge in [0, 0.05) is 41.7 Å². The number of nitrogens with zero attached hydrogens (tertiary/aromatic N) is 4. The van der Waals surface area contributed by atoms with E-state index in [1.165, 1.54) is 11.0 Å². The average molecular weight is 566 g/mol. The molecule has 4 aliphatic rings. The number of alkyl halides is 3. The van der Waals surface area contributed by atoms with Gasteiger partial charge in [-0.2, -0.15) is 13.2 Å². The van der Waals surface area contributed by atoms with E-state index in [9.17, 15) is 18.0 Å². The van der Waals surface area contributed by atoms with Crippen molar-refractivity contribution in [1.82, 2.24) is 20.1 Å². The van der Waals surface area contributed by atoms with Gasteiger partial charge in [0.1, 0.15) is 12.2 Å². The van der Waals surface area contributed by atoms with Crippen LogP contribution in [0.3, 0.4) is 0 Å². The Labute approximate surface area is 237 Å². The smallest absolute Gasteiger partial charge is 0.380 e. The normalized spacial score (nSPS) is 21.8. The zero-order valence-corrected chi connectivity index (χ0v) is 23.3. The highest BCUT2D eigenvalue weighted by Gasteiger charge is 2.53. The maximum Gasteiger partial charge on any atom is 0.416 e. The van der Waals surface area contributed by atoms with Crippen LogP contribution in [0.25, 0.3) is 0 Å². The number of aromatic nitrogens is 3. The summed E-state index contributed by atoms with van der Waals surface area (Å²) < 4.78 is 50.2. The van der Waals surface area contributed by atoms with Crippen LogP contribution in [0.2, 0.25) is 0 Å². The highest BCUT2D eigenvalue weighted by atomic mass is 19.4. The average Bonchev–Trinajstić information content (AvgIpc) is 3.44. The fraction of sp³-hybridized carbons (Fsp3) is 0.516. The summed E-state index contributed by atoms with van der Waals surface area (Å²) >= 11 is 0. The number of amides is 1. The minimum atomic E-state index is -4.56. The Bertz CT molecular complexity index is 1500. The van der Waals surface area contributed by atoms with Gasteiger partial charge in [-0.15, -0.1) is 10.2 Å². The van der Waals surface area contributed by atoms with Crippen LogP contribution in [0.4, 0.5) is 18.9 Å². The number of fused-ring (bicyclic) bond motifs is 1. The van der Waals surface area contributed by atoms with Gasteiger partial charge in [0.2, 0.25) is 0 Å². The van der Waals surface area contributed by atoms with Crippen LogP contribution < -0.4 is 10.2 Å². The Morgan fingerprint density at radius 2 is 1.95 bits per heavy atom. The summed E-state index contributed by atoms with van der Waals surface area (Å²) in [5.41, 5.74) is 1.70. The van der Waals surface area contributed by atoms with E-state index in [1.54, 1.807) is 18.5 Å². The third kappa shape index (κ3) is 4.55. The van der Waals surface area contributed by atoms with E-state index in [2.05, 4.69) is 22.4 Å². The minimum absolute atomic E-state index is 0.0370. The van der Waals surface area contributed by atoms with Gasteiger partial charge in [0.15, 0.2) is 0 Å². The van der Waals surface area contributed by atoms with Crippen molar-refractivity contribution in [2.24, 2.45) is 18.4 Å². The maximum absolute atomic E-state index is 14.3. The summed E-state index contributed by atoms with van der Waals surface area (Å²) in [4.78, 5) is 15.2. The third-order valence-electron chi connectivity index (χ3n) is 9.83. The van der Waals surface area contributed by atoms with Crippen LogP contribution in [0.15, 0.2) is 42.7 Å². The molecule has 0 radical (unpaired) electrons. The molecule has 1 saturated heterocycles. The second-order valence-corrected chi connectivity index (χ2v) is 12.9. The van der Waals surface area contributed by atoms with Crippen molar-refractivity contribution in [2.45, 2.75) is 69.8 Å². The summed E-state index contributed by atoms with van der Waals surface area (Å²) in [5.74, 6) is 0.747. The molecular weight excluding hydrogens is 531 g/mol. The van der Waals surface area contributed by atoms with Crippen molar-refractivity contribution >= 4 is 11.6 Å².